The summed E-state index contributed by atoms with van der Waals surface area (Å²) in [6, 6.07) is 12.2. The van der Waals surface area contributed by atoms with Gasteiger partial charge in [0, 0.05) is 23.9 Å². The lowest BCUT2D eigenvalue weighted by molar-refractivity contribution is -0.384. The Hall–Kier alpha value is -2.21. The fourth-order valence-electron chi connectivity index (χ4n) is 1.96. The number of hydrogen-bond acceptors (Lipinski definition) is 3. The minimum absolute atomic E-state index is 0.0568. The van der Waals surface area contributed by atoms with Crippen LogP contribution in [0.25, 0.3) is 16.9 Å². The quantitative estimate of drug-likeness (QED) is 0.535. The maximum absolute atomic E-state index is 10.8. The van der Waals surface area contributed by atoms with Gasteiger partial charge in [0.2, 0.25) is 0 Å². The molecule has 19 heavy (non-hydrogen) atoms. The number of benzene rings is 1. The van der Waals surface area contributed by atoms with Gasteiger partial charge in [0.15, 0.2) is 0 Å². The third-order valence-corrected chi connectivity index (χ3v) is 3.40. The molecule has 94 valence electrons. The van der Waals surface area contributed by atoms with Crippen LogP contribution in [0.15, 0.2) is 53.3 Å². The molecule has 0 unspecified atom stereocenters. The molecule has 0 radical (unpaired) electrons. The number of pyridine rings is 1. The summed E-state index contributed by atoms with van der Waals surface area (Å²) in [6.45, 7) is 0. The summed E-state index contributed by atoms with van der Waals surface area (Å²) in [7, 11) is 0. The van der Waals surface area contributed by atoms with Crippen LogP contribution in [0.1, 0.15) is 0 Å². The Bertz CT molecular complexity index is 782. The highest BCUT2D eigenvalue weighted by Crippen LogP contribution is 2.27. The predicted molar refractivity (Wildman–Crippen MR) is 75.0 cm³/mol. The second-order valence-electron chi connectivity index (χ2n) is 3.99. The Morgan fingerprint density at radius 1 is 1.21 bits per heavy atom. The van der Waals surface area contributed by atoms with Crippen LogP contribution in [0.3, 0.4) is 0 Å². The molecular weight excluding hydrogens is 310 g/mol. The van der Waals surface area contributed by atoms with Gasteiger partial charge in [0.05, 0.1) is 10.4 Å². The molecule has 0 fully saturated rings. The summed E-state index contributed by atoms with van der Waals surface area (Å²) in [5.41, 5.74) is 1.69. The number of nitro benzene ring substituents is 1. The van der Waals surface area contributed by atoms with Gasteiger partial charge >= 0.3 is 0 Å². The van der Waals surface area contributed by atoms with Gasteiger partial charge in [0.25, 0.3) is 5.69 Å². The molecule has 0 bridgehead atoms. The summed E-state index contributed by atoms with van der Waals surface area (Å²) in [4.78, 5) is 14.8. The van der Waals surface area contributed by atoms with E-state index < -0.39 is 4.92 Å². The number of imidazole rings is 1. The van der Waals surface area contributed by atoms with Crippen molar-refractivity contribution in [3.8, 4) is 11.4 Å². The number of non-ortho nitro benzene ring substituents is 1. The van der Waals surface area contributed by atoms with Gasteiger partial charge in [-0.2, -0.15) is 0 Å². The van der Waals surface area contributed by atoms with Crippen molar-refractivity contribution in [3.63, 3.8) is 0 Å². The Kier molecular flexibility index (Phi) is 2.79. The van der Waals surface area contributed by atoms with Crippen LogP contribution in [0.2, 0.25) is 0 Å². The number of fused-ring (bicyclic) bond motifs is 1. The maximum atomic E-state index is 10.8. The van der Waals surface area contributed by atoms with Gasteiger partial charge in [-0.25, -0.2) is 4.98 Å². The third-order valence-electron chi connectivity index (χ3n) is 2.82. The summed E-state index contributed by atoms with van der Waals surface area (Å²) in [5, 5.41) is 10.8. The number of rotatable bonds is 2. The van der Waals surface area contributed by atoms with Crippen LogP contribution in [0.5, 0.6) is 0 Å². The van der Waals surface area contributed by atoms with Gasteiger partial charge < -0.3 is 0 Å². The molecule has 0 aliphatic heterocycles. The van der Waals surface area contributed by atoms with Crippen molar-refractivity contribution in [3.05, 3.63) is 63.4 Å². The van der Waals surface area contributed by atoms with Crippen molar-refractivity contribution < 1.29 is 4.92 Å². The molecule has 6 heteroatoms. The largest absolute Gasteiger partial charge is 0.299 e. The van der Waals surface area contributed by atoms with Gasteiger partial charge in [-0.1, -0.05) is 18.2 Å². The topological polar surface area (TPSA) is 60.4 Å². The summed E-state index contributed by atoms with van der Waals surface area (Å²) < 4.78 is 2.61. The van der Waals surface area contributed by atoms with E-state index in [9.17, 15) is 10.1 Å². The third kappa shape index (κ3) is 2.00. The minimum Gasteiger partial charge on any atom is -0.299 e. The van der Waals surface area contributed by atoms with Crippen LogP contribution >= 0.6 is 15.9 Å². The highest BCUT2D eigenvalue weighted by Gasteiger charge is 2.13. The number of halogens is 1. The average Bonchev–Trinajstić information content (AvgIpc) is 2.77. The lowest BCUT2D eigenvalue weighted by Crippen LogP contribution is -1.91. The maximum Gasteiger partial charge on any atom is 0.270 e. The van der Waals surface area contributed by atoms with Crippen LogP contribution in [-0.4, -0.2) is 14.3 Å². The van der Waals surface area contributed by atoms with Crippen molar-refractivity contribution in [1.29, 1.82) is 0 Å². The molecule has 0 spiro atoms. The van der Waals surface area contributed by atoms with Gasteiger partial charge in [-0.3, -0.25) is 14.5 Å². The van der Waals surface area contributed by atoms with Crippen molar-refractivity contribution in [2.24, 2.45) is 0 Å². The first-order chi connectivity index (χ1) is 9.16. The molecule has 2 heterocycles. The molecule has 0 saturated heterocycles. The Balaban J connectivity index is 2.25. The fraction of sp³-hybridized carbons (Fsp3) is 0. The number of nitro groups is 1. The average molecular weight is 318 g/mol. The number of nitrogens with zero attached hydrogens (tertiary/aromatic N) is 3. The van der Waals surface area contributed by atoms with Crippen molar-refractivity contribution in [1.82, 2.24) is 9.38 Å². The van der Waals surface area contributed by atoms with E-state index in [1.807, 2.05) is 28.8 Å². The van der Waals surface area contributed by atoms with Crippen molar-refractivity contribution in [2.45, 2.75) is 0 Å². The molecule has 2 aromatic heterocycles. The van der Waals surface area contributed by atoms with Crippen LogP contribution in [0.4, 0.5) is 5.69 Å². The smallest absolute Gasteiger partial charge is 0.270 e. The van der Waals surface area contributed by atoms with Gasteiger partial charge in [-0.05, 0) is 28.1 Å². The predicted octanol–water partition coefficient (Wildman–Crippen LogP) is 3.67. The van der Waals surface area contributed by atoms with E-state index in [4.69, 9.17) is 0 Å². The second-order valence-corrected chi connectivity index (χ2v) is 4.74. The van der Waals surface area contributed by atoms with E-state index in [0.717, 1.165) is 10.1 Å². The van der Waals surface area contributed by atoms with Crippen molar-refractivity contribution >= 4 is 27.1 Å². The Morgan fingerprint density at radius 3 is 2.84 bits per heavy atom. The summed E-state index contributed by atoms with van der Waals surface area (Å²) in [6.07, 6.45) is 1.88. The second kappa shape index (κ2) is 4.47. The molecule has 0 amide bonds. The summed E-state index contributed by atoms with van der Waals surface area (Å²) in [5.74, 6) is 0.672. The molecule has 5 nitrogen and oxygen atoms in total. The molecule has 1 aromatic carbocycles. The first kappa shape index (κ1) is 11.9. The van der Waals surface area contributed by atoms with E-state index in [-0.39, 0.29) is 5.69 Å². The van der Waals surface area contributed by atoms with Gasteiger partial charge in [0.1, 0.15) is 10.4 Å². The van der Waals surface area contributed by atoms with Crippen LogP contribution in [-0.2, 0) is 0 Å². The molecule has 0 aliphatic rings. The van der Waals surface area contributed by atoms with Gasteiger partial charge in [-0.15, -0.1) is 0 Å². The summed E-state index contributed by atoms with van der Waals surface area (Å²) >= 11 is 3.40. The molecule has 3 rings (SSSR count). The molecule has 0 aliphatic carbocycles. The highest BCUT2D eigenvalue weighted by molar-refractivity contribution is 9.10. The highest BCUT2D eigenvalue weighted by atomic mass is 79.9. The van der Waals surface area contributed by atoms with E-state index in [1.54, 1.807) is 12.1 Å². The molecule has 0 saturated carbocycles. The number of hydrogen-bond donors (Lipinski definition) is 0. The van der Waals surface area contributed by atoms with Crippen LogP contribution in [0, 0.1) is 10.1 Å². The molecular formula is C13H8BrN3O2. The van der Waals surface area contributed by atoms with E-state index in [2.05, 4.69) is 20.9 Å². The van der Waals surface area contributed by atoms with Crippen LogP contribution < -0.4 is 0 Å². The zero-order chi connectivity index (χ0) is 13.4. The zero-order valence-electron chi connectivity index (χ0n) is 9.65. The lowest BCUT2D eigenvalue weighted by atomic mass is 10.2. The SMILES string of the molecule is O=[N+]([O-])c1cccc(-c2nc(Br)c3ccccn23)c1. The normalized spacial score (nSPS) is 10.8. The minimum atomic E-state index is -0.408. The van der Waals surface area contributed by atoms with E-state index in [0.29, 0.717) is 11.4 Å². The Morgan fingerprint density at radius 2 is 2.05 bits per heavy atom. The monoisotopic (exact) mass is 317 g/mol. The molecule has 3 aromatic rings. The van der Waals surface area contributed by atoms with E-state index in [1.165, 1.54) is 12.1 Å². The molecule has 0 N–H and O–H groups in total. The zero-order valence-corrected chi connectivity index (χ0v) is 11.2. The lowest BCUT2D eigenvalue weighted by Gasteiger charge is -2.00. The Labute approximate surface area is 116 Å². The number of aromatic nitrogens is 2. The van der Waals surface area contributed by atoms with Crippen molar-refractivity contribution in [2.75, 3.05) is 0 Å². The molecule has 0 atom stereocenters. The first-order valence-corrected chi connectivity index (χ1v) is 6.33. The van der Waals surface area contributed by atoms with E-state index >= 15 is 0 Å². The first-order valence-electron chi connectivity index (χ1n) is 5.54. The standard InChI is InChI=1S/C13H8BrN3O2/c14-12-11-6-1-2-7-16(11)13(15-12)9-4-3-5-10(8-9)17(18)19/h1-8H. The fourth-order valence-corrected chi connectivity index (χ4v) is 2.45.